The molecule has 1 aromatic carbocycles. The highest BCUT2D eigenvalue weighted by atomic mass is 79.9. The number of hydrogen-bond donors (Lipinski definition) is 1. The van der Waals surface area contributed by atoms with Crippen LogP contribution in [0.15, 0.2) is 24.3 Å². The van der Waals surface area contributed by atoms with Gasteiger partial charge in [0.2, 0.25) is 0 Å². The molecule has 0 spiro atoms. The Labute approximate surface area is 92.1 Å². The van der Waals surface area contributed by atoms with E-state index >= 15 is 0 Å². The fraction of sp³-hybridized carbons (Fsp3) is 0.364. The Kier molecular flexibility index (Phi) is 4.14. The Morgan fingerprint density at radius 3 is 2.29 bits per heavy atom. The first-order valence-electron chi connectivity index (χ1n) is 4.58. The average molecular weight is 257 g/mol. The lowest BCUT2D eigenvalue weighted by molar-refractivity contribution is -0.136. The fourth-order valence-corrected chi connectivity index (χ4v) is 1.58. The summed E-state index contributed by atoms with van der Waals surface area (Å²) in [5, 5.41) is 8.70. The van der Waals surface area contributed by atoms with Gasteiger partial charge in [-0.3, -0.25) is 4.79 Å². The molecule has 0 saturated heterocycles. The molecule has 0 aromatic heterocycles. The molecule has 0 bridgehead atoms. The monoisotopic (exact) mass is 256 g/mol. The molecule has 0 amide bonds. The Balaban J connectivity index is 2.64. The number of rotatable bonds is 4. The average Bonchev–Trinajstić information content (AvgIpc) is 2.19. The molecule has 0 saturated carbocycles. The van der Waals surface area contributed by atoms with Gasteiger partial charge in [-0.15, -0.1) is 0 Å². The minimum absolute atomic E-state index is 0.491. The normalized spacial score (nSPS) is 12.4. The van der Waals surface area contributed by atoms with Crippen LogP contribution in [0, 0.1) is 0 Å². The second-order valence-electron chi connectivity index (χ2n) is 3.18. The minimum Gasteiger partial charge on any atom is -0.480 e. The number of carboxylic acids is 1. The summed E-state index contributed by atoms with van der Waals surface area (Å²) < 4.78 is 0. The molecule has 1 rings (SSSR count). The lowest BCUT2D eigenvalue weighted by atomic mass is 10.1. The predicted octanol–water partition coefficient (Wildman–Crippen LogP) is 2.64. The largest absolute Gasteiger partial charge is 0.480 e. The maximum Gasteiger partial charge on any atom is 0.317 e. The Morgan fingerprint density at radius 1 is 1.36 bits per heavy atom. The van der Waals surface area contributed by atoms with Gasteiger partial charge in [-0.25, -0.2) is 0 Å². The van der Waals surface area contributed by atoms with Gasteiger partial charge in [0.25, 0.3) is 0 Å². The van der Waals surface area contributed by atoms with Crippen LogP contribution in [-0.4, -0.2) is 15.9 Å². The van der Waals surface area contributed by atoms with Crippen LogP contribution in [0.5, 0.6) is 0 Å². The number of halogens is 1. The lowest BCUT2D eigenvalue weighted by Crippen LogP contribution is -2.15. The predicted molar refractivity (Wildman–Crippen MR) is 59.9 cm³/mol. The minimum atomic E-state index is -0.815. The molecule has 1 N–H and O–H groups in total. The van der Waals surface area contributed by atoms with E-state index in [1.807, 2.05) is 24.3 Å². The molecule has 2 nitrogen and oxygen atoms in total. The number of aliphatic carboxylic acids is 1. The van der Waals surface area contributed by atoms with Crippen molar-refractivity contribution in [2.24, 2.45) is 0 Å². The van der Waals surface area contributed by atoms with Gasteiger partial charge < -0.3 is 5.11 Å². The number of carbonyl (C=O) groups is 1. The molecular weight excluding hydrogens is 244 g/mol. The van der Waals surface area contributed by atoms with Crippen LogP contribution in [0.3, 0.4) is 0 Å². The molecule has 0 aliphatic rings. The van der Waals surface area contributed by atoms with Crippen molar-refractivity contribution in [1.29, 1.82) is 0 Å². The van der Waals surface area contributed by atoms with Crippen molar-refractivity contribution in [3.63, 3.8) is 0 Å². The molecule has 0 aliphatic carbocycles. The van der Waals surface area contributed by atoms with E-state index < -0.39 is 10.8 Å². The molecule has 0 heterocycles. The van der Waals surface area contributed by atoms with Crippen LogP contribution < -0.4 is 0 Å². The quantitative estimate of drug-likeness (QED) is 0.842. The third-order valence-electron chi connectivity index (χ3n) is 2.11. The van der Waals surface area contributed by atoms with Crippen LogP contribution in [0.2, 0.25) is 0 Å². The first kappa shape index (κ1) is 11.2. The van der Waals surface area contributed by atoms with Crippen molar-refractivity contribution in [1.82, 2.24) is 0 Å². The van der Waals surface area contributed by atoms with Gasteiger partial charge in [0, 0.05) is 0 Å². The van der Waals surface area contributed by atoms with E-state index in [-0.39, 0.29) is 0 Å². The summed E-state index contributed by atoms with van der Waals surface area (Å²) in [7, 11) is 0. The van der Waals surface area contributed by atoms with Crippen LogP contribution in [0.1, 0.15) is 18.1 Å². The summed E-state index contributed by atoms with van der Waals surface area (Å²) in [6.07, 6.45) is 1.54. The molecular formula is C11H13BrO2. The lowest BCUT2D eigenvalue weighted by Gasteiger charge is -2.05. The van der Waals surface area contributed by atoms with Crippen LogP contribution >= 0.6 is 15.9 Å². The number of benzene rings is 1. The first-order chi connectivity index (χ1) is 6.63. The molecule has 3 heteroatoms. The first-order valence-corrected chi connectivity index (χ1v) is 5.49. The molecule has 0 fully saturated rings. The molecule has 1 aromatic rings. The highest BCUT2D eigenvalue weighted by molar-refractivity contribution is 9.10. The smallest absolute Gasteiger partial charge is 0.317 e. The van der Waals surface area contributed by atoms with Crippen molar-refractivity contribution in [2.75, 3.05) is 0 Å². The zero-order valence-corrected chi connectivity index (χ0v) is 9.62. The summed E-state index contributed by atoms with van der Waals surface area (Å²) in [6, 6.07) is 8.04. The summed E-state index contributed by atoms with van der Waals surface area (Å²) >= 11 is 3.11. The number of carboxylic acid groups (broad SMARTS) is 1. The Hall–Kier alpha value is -0.830. The second-order valence-corrected chi connectivity index (χ2v) is 4.29. The molecule has 76 valence electrons. The van der Waals surface area contributed by atoms with E-state index in [0.717, 1.165) is 12.0 Å². The van der Waals surface area contributed by atoms with Crippen molar-refractivity contribution in [3.05, 3.63) is 35.4 Å². The summed E-state index contributed by atoms with van der Waals surface area (Å²) in [6.45, 7) is 2.10. The van der Waals surface area contributed by atoms with Crippen molar-refractivity contribution in [2.45, 2.75) is 24.6 Å². The highest BCUT2D eigenvalue weighted by Crippen LogP contribution is 2.11. The summed E-state index contributed by atoms with van der Waals surface area (Å²) in [4.78, 5) is 10.1. The molecule has 0 radical (unpaired) electrons. The van der Waals surface area contributed by atoms with E-state index in [4.69, 9.17) is 5.11 Å². The Bertz CT molecular complexity index is 306. The van der Waals surface area contributed by atoms with Crippen LogP contribution in [-0.2, 0) is 17.6 Å². The van der Waals surface area contributed by atoms with Gasteiger partial charge in [-0.1, -0.05) is 47.1 Å². The zero-order valence-electron chi connectivity index (χ0n) is 8.03. The second kappa shape index (κ2) is 5.15. The van der Waals surface area contributed by atoms with Crippen molar-refractivity contribution in [3.8, 4) is 0 Å². The summed E-state index contributed by atoms with van der Waals surface area (Å²) in [5.41, 5.74) is 2.32. The topological polar surface area (TPSA) is 37.3 Å². The van der Waals surface area contributed by atoms with Gasteiger partial charge in [0.15, 0.2) is 0 Å². The number of alkyl halides is 1. The third-order valence-corrected chi connectivity index (χ3v) is 2.83. The van der Waals surface area contributed by atoms with Gasteiger partial charge in [-0.05, 0) is 24.0 Å². The van der Waals surface area contributed by atoms with Crippen molar-refractivity contribution < 1.29 is 9.90 Å². The van der Waals surface area contributed by atoms with Crippen LogP contribution in [0.4, 0.5) is 0 Å². The van der Waals surface area contributed by atoms with Gasteiger partial charge in [0.1, 0.15) is 4.83 Å². The maximum absolute atomic E-state index is 10.6. The van der Waals surface area contributed by atoms with Gasteiger partial charge in [0.05, 0.1) is 0 Å². The van der Waals surface area contributed by atoms with Crippen molar-refractivity contribution >= 4 is 21.9 Å². The van der Waals surface area contributed by atoms with E-state index in [1.165, 1.54) is 5.56 Å². The summed E-state index contributed by atoms with van der Waals surface area (Å²) in [5.74, 6) is -0.815. The van der Waals surface area contributed by atoms with E-state index in [1.54, 1.807) is 0 Å². The van der Waals surface area contributed by atoms with E-state index in [0.29, 0.717) is 6.42 Å². The highest BCUT2D eigenvalue weighted by Gasteiger charge is 2.12. The van der Waals surface area contributed by atoms with Gasteiger partial charge in [-0.2, -0.15) is 0 Å². The van der Waals surface area contributed by atoms with Crippen LogP contribution in [0.25, 0.3) is 0 Å². The fourth-order valence-electron chi connectivity index (χ4n) is 1.21. The van der Waals surface area contributed by atoms with E-state index in [9.17, 15) is 4.79 Å². The van der Waals surface area contributed by atoms with E-state index in [2.05, 4.69) is 22.9 Å². The van der Waals surface area contributed by atoms with Gasteiger partial charge >= 0.3 is 5.97 Å². The molecule has 1 atom stereocenters. The molecule has 0 aliphatic heterocycles. The number of hydrogen-bond acceptors (Lipinski definition) is 1. The standard InChI is InChI=1S/C11H13BrO2/c1-2-8-3-5-9(6-4-8)7-10(12)11(13)14/h3-6,10H,2,7H2,1H3,(H,13,14)/t10-/m1/s1. The molecule has 0 unspecified atom stereocenters. The number of aryl methyl sites for hydroxylation is 1. The Morgan fingerprint density at radius 2 is 1.86 bits per heavy atom. The zero-order chi connectivity index (χ0) is 10.6. The SMILES string of the molecule is CCc1ccc(C[C@@H](Br)C(=O)O)cc1. The maximum atomic E-state index is 10.6. The molecule has 14 heavy (non-hydrogen) atoms. The third kappa shape index (κ3) is 3.14.